The van der Waals surface area contributed by atoms with Crippen LogP contribution in [-0.4, -0.2) is 50.0 Å². The minimum Gasteiger partial charge on any atom is -0.468 e. The number of hydrogen-bond acceptors (Lipinski definition) is 9. The Morgan fingerprint density at radius 2 is 1.90 bits per heavy atom. The summed E-state index contributed by atoms with van der Waals surface area (Å²) in [6.45, 7) is 1.85. The molecular weight excluding hydrogens is 426 g/mol. The summed E-state index contributed by atoms with van der Waals surface area (Å²) in [5, 5.41) is 1.52. The van der Waals surface area contributed by atoms with E-state index in [4.69, 9.17) is 14.2 Å². The van der Waals surface area contributed by atoms with Crippen LogP contribution in [0, 0.1) is 5.92 Å². The summed E-state index contributed by atoms with van der Waals surface area (Å²) in [6.07, 6.45) is 3.30. The highest BCUT2D eigenvalue weighted by Gasteiger charge is 2.62. The van der Waals surface area contributed by atoms with Gasteiger partial charge in [-0.1, -0.05) is 36.0 Å². The maximum Gasteiger partial charge on any atom is 0.345 e. The molecule has 0 saturated carbocycles. The van der Waals surface area contributed by atoms with Crippen molar-refractivity contribution in [2.24, 2.45) is 5.92 Å². The van der Waals surface area contributed by atoms with E-state index < -0.39 is 28.6 Å². The molecular formula is C21H21NO6S2. The normalized spacial score (nSPS) is 20.9. The third-order valence-corrected chi connectivity index (χ3v) is 7.30. The average molecular weight is 448 g/mol. The third kappa shape index (κ3) is 3.45. The van der Waals surface area contributed by atoms with Crippen molar-refractivity contribution in [3.8, 4) is 0 Å². The Balaban J connectivity index is 2.36. The van der Waals surface area contributed by atoms with E-state index in [1.54, 1.807) is 19.4 Å². The van der Waals surface area contributed by atoms with Crippen molar-refractivity contribution in [1.82, 2.24) is 4.98 Å². The number of thioether (sulfide) groups is 2. The summed E-state index contributed by atoms with van der Waals surface area (Å²) >= 11 is 2.14. The number of rotatable bonds is 6. The van der Waals surface area contributed by atoms with Crippen molar-refractivity contribution in [3.63, 3.8) is 0 Å². The number of carbonyl (C=O) groups excluding carboxylic acids is 3. The maximum absolute atomic E-state index is 13.3. The predicted molar refractivity (Wildman–Crippen MR) is 116 cm³/mol. The van der Waals surface area contributed by atoms with Crippen LogP contribution in [0.15, 0.2) is 46.3 Å². The molecule has 2 atom stereocenters. The van der Waals surface area contributed by atoms with Crippen LogP contribution in [0.5, 0.6) is 0 Å². The Bertz CT molecular complexity index is 1030. The minimum absolute atomic E-state index is 0.158. The molecule has 2 aromatic rings. The lowest BCUT2D eigenvalue weighted by Gasteiger charge is -2.31. The molecule has 0 amide bonds. The highest BCUT2D eigenvalue weighted by molar-refractivity contribution is 8.09. The fraction of sp³-hybridized carbons (Fsp3) is 0.333. The lowest BCUT2D eigenvalue weighted by atomic mass is 9.85. The molecule has 0 bridgehead atoms. The number of ether oxygens (including phenoxy) is 3. The van der Waals surface area contributed by atoms with Gasteiger partial charge in [0.1, 0.15) is 10.8 Å². The quantitative estimate of drug-likeness (QED) is 0.489. The van der Waals surface area contributed by atoms with Crippen molar-refractivity contribution >= 4 is 52.2 Å². The lowest BCUT2D eigenvalue weighted by molar-refractivity contribution is -0.153. The zero-order valence-corrected chi connectivity index (χ0v) is 18.6. The second-order valence-corrected chi connectivity index (χ2v) is 8.39. The van der Waals surface area contributed by atoms with Crippen LogP contribution < -0.4 is 0 Å². The minimum atomic E-state index is -1.64. The number of aromatic nitrogens is 1. The first kappa shape index (κ1) is 22.2. The molecule has 30 heavy (non-hydrogen) atoms. The van der Waals surface area contributed by atoms with E-state index in [0.717, 1.165) is 17.1 Å². The van der Waals surface area contributed by atoms with Crippen LogP contribution in [0.25, 0.3) is 10.8 Å². The summed E-state index contributed by atoms with van der Waals surface area (Å²) in [4.78, 5) is 44.1. The first-order chi connectivity index (χ1) is 14.5. The van der Waals surface area contributed by atoms with Gasteiger partial charge in [0.15, 0.2) is 4.75 Å². The Kier molecular flexibility index (Phi) is 6.72. The number of hydrogen-bond donors (Lipinski definition) is 0. The van der Waals surface area contributed by atoms with Crippen LogP contribution in [0.1, 0.15) is 12.6 Å². The summed E-state index contributed by atoms with van der Waals surface area (Å²) in [5.41, 5.74) is 0.332. The molecule has 0 saturated heterocycles. The van der Waals surface area contributed by atoms with Gasteiger partial charge in [-0.2, -0.15) is 0 Å². The molecule has 0 spiro atoms. The van der Waals surface area contributed by atoms with E-state index in [0.29, 0.717) is 16.0 Å². The standard InChI is InChI=1S/C21H21NO6S2/c1-5-28-19(24)16-15(29-4)14(18(23)26-2)21(30-16,20(25)27-3)17-13-9-7-6-8-12(13)10-11-22-17/h6-11,14H,5H2,1-4H3. The van der Waals surface area contributed by atoms with Crippen LogP contribution >= 0.6 is 23.5 Å². The molecule has 0 radical (unpaired) electrons. The Labute approximate surface area is 182 Å². The summed E-state index contributed by atoms with van der Waals surface area (Å²) in [6, 6.07) is 9.20. The van der Waals surface area contributed by atoms with Crippen molar-refractivity contribution in [1.29, 1.82) is 0 Å². The maximum atomic E-state index is 13.3. The van der Waals surface area contributed by atoms with Gasteiger partial charge in [-0.25, -0.2) is 4.79 Å². The highest BCUT2D eigenvalue weighted by Crippen LogP contribution is 2.60. The molecule has 0 fully saturated rings. The highest BCUT2D eigenvalue weighted by atomic mass is 32.2. The number of pyridine rings is 1. The van der Waals surface area contributed by atoms with E-state index in [2.05, 4.69) is 4.98 Å². The number of nitrogens with zero attached hydrogens (tertiary/aromatic N) is 1. The molecule has 1 aliphatic heterocycles. The zero-order valence-electron chi connectivity index (χ0n) is 17.0. The summed E-state index contributed by atoms with van der Waals surface area (Å²) < 4.78 is 13.8. The molecule has 1 aromatic carbocycles. The first-order valence-electron chi connectivity index (χ1n) is 9.10. The molecule has 1 aliphatic rings. The van der Waals surface area contributed by atoms with Crippen molar-refractivity contribution in [2.75, 3.05) is 27.1 Å². The second kappa shape index (κ2) is 9.09. The van der Waals surface area contributed by atoms with Gasteiger partial charge in [0.2, 0.25) is 0 Å². The van der Waals surface area contributed by atoms with Crippen molar-refractivity contribution < 1.29 is 28.6 Å². The number of methoxy groups -OCH3 is 2. The van der Waals surface area contributed by atoms with Crippen molar-refractivity contribution in [2.45, 2.75) is 11.7 Å². The Morgan fingerprint density at radius 3 is 2.53 bits per heavy atom. The van der Waals surface area contributed by atoms with E-state index in [9.17, 15) is 14.4 Å². The second-order valence-electron chi connectivity index (χ2n) is 6.28. The smallest absolute Gasteiger partial charge is 0.345 e. The zero-order chi connectivity index (χ0) is 21.9. The number of fused-ring (bicyclic) bond motifs is 1. The van der Waals surface area contributed by atoms with Crippen LogP contribution in [-0.2, 0) is 33.3 Å². The van der Waals surface area contributed by atoms with E-state index in [1.807, 2.05) is 30.3 Å². The molecule has 7 nitrogen and oxygen atoms in total. The molecule has 158 valence electrons. The van der Waals surface area contributed by atoms with Gasteiger partial charge in [-0.3, -0.25) is 14.6 Å². The van der Waals surface area contributed by atoms with Crippen LogP contribution in [0.2, 0.25) is 0 Å². The summed E-state index contributed by atoms with van der Waals surface area (Å²) in [5.74, 6) is -3.08. The van der Waals surface area contributed by atoms with E-state index in [-0.39, 0.29) is 11.5 Å². The fourth-order valence-electron chi connectivity index (χ4n) is 3.53. The fourth-order valence-corrected chi connectivity index (χ4v) is 6.20. The molecule has 2 unspecified atom stereocenters. The molecule has 2 heterocycles. The van der Waals surface area contributed by atoms with Crippen molar-refractivity contribution in [3.05, 3.63) is 52.0 Å². The van der Waals surface area contributed by atoms with Gasteiger partial charge < -0.3 is 14.2 Å². The predicted octanol–water partition coefficient (Wildman–Crippen LogP) is 3.28. The third-order valence-electron chi connectivity index (χ3n) is 4.79. The number of carbonyl (C=O) groups is 3. The van der Waals surface area contributed by atoms with Gasteiger partial charge >= 0.3 is 17.9 Å². The number of esters is 3. The molecule has 0 N–H and O–H groups in total. The van der Waals surface area contributed by atoms with E-state index in [1.165, 1.54) is 26.0 Å². The molecule has 0 aliphatic carbocycles. The van der Waals surface area contributed by atoms with Crippen LogP contribution in [0.4, 0.5) is 0 Å². The average Bonchev–Trinajstić information content (AvgIpc) is 3.14. The Hall–Kier alpha value is -2.52. The van der Waals surface area contributed by atoms with E-state index >= 15 is 0 Å². The van der Waals surface area contributed by atoms with Gasteiger partial charge in [0.25, 0.3) is 0 Å². The molecule has 1 aromatic heterocycles. The topological polar surface area (TPSA) is 91.8 Å². The van der Waals surface area contributed by atoms with Gasteiger partial charge in [0.05, 0.1) is 26.5 Å². The van der Waals surface area contributed by atoms with Gasteiger partial charge in [-0.05, 0) is 24.6 Å². The van der Waals surface area contributed by atoms with Gasteiger partial charge in [0, 0.05) is 16.5 Å². The largest absolute Gasteiger partial charge is 0.468 e. The molecule has 9 heteroatoms. The lowest BCUT2D eigenvalue weighted by Crippen LogP contribution is -2.44. The van der Waals surface area contributed by atoms with Crippen LogP contribution in [0.3, 0.4) is 0 Å². The Morgan fingerprint density at radius 1 is 1.17 bits per heavy atom. The monoisotopic (exact) mass is 447 g/mol. The first-order valence-corrected chi connectivity index (χ1v) is 11.1. The number of benzene rings is 1. The van der Waals surface area contributed by atoms with Gasteiger partial charge in [-0.15, -0.1) is 11.8 Å². The summed E-state index contributed by atoms with van der Waals surface area (Å²) in [7, 11) is 2.48. The molecule has 3 rings (SSSR count). The SMILES string of the molecule is CCOC(=O)C1=C(SC)C(C(=O)OC)C(C(=O)OC)(c2nccc3ccccc23)S1.